The summed E-state index contributed by atoms with van der Waals surface area (Å²) in [7, 11) is 2.17. The van der Waals surface area contributed by atoms with Gasteiger partial charge in [0.25, 0.3) is 5.56 Å². The summed E-state index contributed by atoms with van der Waals surface area (Å²) < 4.78 is 17.1. The Labute approximate surface area is 280 Å². The molecule has 1 aliphatic carbocycles. The predicted molar refractivity (Wildman–Crippen MR) is 185 cm³/mol. The third-order valence-electron chi connectivity index (χ3n) is 9.83. The number of nitrogens with zero attached hydrogens (tertiary/aromatic N) is 6. The number of halogens is 1. The molecule has 1 saturated heterocycles. The van der Waals surface area contributed by atoms with Gasteiger partial charge in [-0.25, -0.2) is 23.5 Å². The van der Waals surface area contributed by atoms with Crippen LogP contribution in [0.5, 0.6) is 0 Å². The molecule has 2 aliphatic rings. The summed E-state index contributed by atoms with van der Waals surface area (Å²) in [5.41, 5.74) is 2.01. The van der Waals surface area contributed by atoms with Crippen molar-refractivity contribution in [3.05, 3.63) is 93.0 Å². The molecule has 1 N–H and O–H groups in total. The minimum absolute atomic E-state index is 0.0213. The van der Waals surface area contributed by atoms with Crippen LogP contribution < -0.4 is 11.2 Å². The number of pyridine rings is 1. The molecule has 11 heteroatoms. The van der Waals surface area contributed by atoms with Crippen molar-refractivity contribution in [2.24, 2.45) is 0 Å². The molecule has 3 heterocycles. The Balaban J connectivity index is 1.32. The first-order valence-corrected chi connectivity index (χ1v) is 16.9. The van der Waals surface area contributed by atoms with Gasteiger partial charge >= 0.3 is 11.8 Å². The average molecular weight is 657 g/mol. The SMILES string of the molecule is CN1CCCN(Cc2ccc(-c3cccc(-n4c(=O)n([C@H]5CC[C@@H](N(C(=O)O)C(C)(C)C)CC5)c(=O)c5cc(F)cnc54)c3)cc2)CC1. The van der Waals surface area contributed by atoms with Crippen LogP contribution in [0, 0.1) is 5.82 Å². The highest BCUT2D eigenvalue weighted by atomic mass is 19.1. The minimum atomic E-state index is -0.988. The van der Waals surface area contributed by atoms with Crippen LogP contribution in [-0.4, -0.2) is 84.8 Å². The standard InChI is InChI=1S/C37H45FN6O4/c1-37(2,3)44(36(47)48)30-15-13-29(14-16-30)43-34(45)32-22-28(38)23-39-33(32)42(35(43)46)31-8-5-7-27(21-31)26-11-9-25(10-12-26)24-41-18-6-17-40(4)19-20-41/h5,7-12,21-23,29-30H,6,13-20,24H2,1-4H3,(H,47,48)/t29-,30+. The number of carbonyl (C=O) groups is 1. The first-order chi connectivity index (χ1) is 22.9. The van der Waals surface area contributed by atoms with Crippen LogP contribution in [-0.2, 0) is 6.54 Å². The molecular formula is C37H45FN6O4. The van der Waals surface area contributed by atoms with Crippen LogP contribution in [0.25, 0.3) is 27.8 Å². The molecule has 1 aliphatic heterocycles. The molecule has 0 spiro atoms. The maximum atomic E-state index is 14.5. The number of benzene rings is 2. The van der Waals surface area contributed by atoms with E-state index in [2.05, 4.69) is 46.1 Å². The van der Waals surface area contributed by atoms with Crippen molar-refractivity contribution in [3.8, 4) is 16.8 Å². The zero-order valence-corrected chi connectivity index (χ0v) is 28.2. The minimum Gasteiger partial charge on any atom is -0.465 e. The van der Waals surface area contributed by atoms with E-state index in [0.717, 1.165) is 62.5 Å². The van der Waals surface area contributed by atoms with E-state index in [1.165, 1.54) is 19.6 Å². The van der Waals surface area contributed by atoms with Gasteiger partial charge in [0.15, 0.2) is 5.65 Å². The summed E-state index contributed by atoms with van der Waals surface area (Å²) in [6, 6.07) is 16.4. The smallest absolute Gasteiger partial charge is 0.407 e. The lowest BCUT2D eigenvalue weighted by Gasteiger charge is -2.42. The van der Waals surface area contributed by atoms with Crippen molar-refractivity contribution in [3.63, 3.8) is 0 Å². The third kappa shape index (κ3) is 6.93. The third-order valence-corrected chi connectivity index (χ3v) is 9.83. The highest BCUT2D eigenvalue weighted by Crippen LogP contribution is 2.33. The summed E-state index contributed by atoms with van der Waals surface area (Å²) >= 11 is 0. The Morgan fingerprint density at radius 3 is 2.38 bits per heavy atom. The highest BCUT2D eigenvalue weighted by Gasteiger charge is 2.37. The van der Waals surface area contributed by atoms with Gasteiger partial charge < -0.3 is 14.9 Å². The molecule has 2 aromatic carbocycles. The predicted octanol–water partition coefficient (Wildman–Crippen LogP) is 5.75. The van der Waals surface area contributed by atoms with Crippen LogP contribution in [0.15, 0.2) is 70.4 Å². The second kappa shape index (κ2) is 13.6. The van der Waals surface area contributed by atoms with Gasteiger partial charge in [0.05, 0.1) is 17.3 Å². The summed E-state index contributed by atoms with van der Waals surface area (Å²) in [5.74, 6) is -0.664. The van der Waals surface area contributed by atoms with Crippen molar-refractivity contribution >= 4 is 17.1 Å². The average Bonchev–Trinajstić information content (AvgIpc) is 3.25. The molecule has 254 valence electrons. The number of rotatable bonds is 6. The molecule has 1 saturated carbocycles. The molecular weight excluding hydrogens is 611 g/mol. The first-order valence-electron chi connectivity index (χ1n) is 16.9. The van der Waals surface area contributed by atoms with Gasteiger partial charge in [-0.15, -0.1) is 0 Å². The number of fused-ring (bicyclic) bond motifs is 1. The lowest BCUT2D eigenvalue weighted by molar-refractivity contribution is 0.0506. The Morgan fingerprint density at radius 1 is 0.958 bits per heavy atom. The number of carboxylic acid groups (broad SMARTS) is 1. The molecule has 0 unspecified atom stereocenters. The van der Waals surface area contributed by atoms with Gasteiger partial charge in [-0.3, -0.25) is 14.3 Å². The fourth-order valence-electron chi connectivity index (χ4n) is 7.45. The number of hydrogen-bond donors (Lipinski definition) is 1. The van der Waals surface area contributed by atoms with E-state index >= 15 is 0 Å². The van der Waals surface area contributed by atoms with E-state index in [1.807, 2.05) is 39.0 Å². The Hall–Kier alpha value is -4.35. The van der Waals surface area contributed by atoms with Crippen molar-refractivity contribution in [2.75, 3.05) is 33.2 Å². The molecule has 0 radical (unpaired) electrons. The molecule has 1 amide bonds. The van der Waals surface area contributed by atoms with Gasteiger partial charge in [-0.1, -0.05) is 36.4 Å². The normalized spacial score (nSPS) is 19.7. The van der Waals surface area contributed by atoms with Crippen LogP contribution in [0.2, 0.25) is 0 Å². The fraction of sp³-hybridized carbons (Fsp3) is 0.459. The lowest BCUT2D eigenvalue weighted by Crippen LogP contribution is -2.53. The van der Waals surface area contributed by atoms with E-state index in [9.17, 15) is 23.9 Å². The molecule has 6 rings (SSSR count). The van der Waals surface area contributed by atoms with Crippen LogP contribution >= 0.6 is 0 Å². The maximum absolute atomic E-state index is 14.5. The first kappa shape index (κ1) is 33.5. The Kier molecular flexibility index (Phi) is 9.53. The second-order valence-electron chi connectivity index (χ2n) is 14.3. The van der Waals surface area contributed by atoms with Gasteiger partial charge in [0.2, 0.25) is 0 Å². The number of aromatic nitrogens is 3. The van der Waals surface area contributed by atoms with E-state index in [0.29, 0.717) is 31.4 Å². The van der Waals surface area contributed by atoms with Crippen molar-refractivity contribution < 1.29 is 14.3 Å². The molecule has 2 fully saturated rings. The van der Waals surface area contributed by atoms with Crippen LogP contribution in [0.3, 0.4) is 0 Å². The van der Waals surface area contributed by atoms with Crippen LogP contribution in [0.1, 0.15) is 64.5 Å². The summed E-state index contributed by atoms with van der Waals surface area (Å²) in [4.78, 5) is 50.7. The van der Waals surface area contributed by atoms with Crippen molar-refractivity contribution in [1.29, 1.82) is 0 Å². The second-order valence-corrected chi connectivity index (χ2v) is 14.3. The summed E-state index contributed by atoms with van der Waals surface area (Å²) in [6.07, 6.45) is 3.07. The Bertz CT molecular complexity index is 1910. The zero-order chi connectivity index (χ0) is 34.2. The lowest BCUT2D eigenvalue weighted by atomic mass is 9.88. The zero-order valence-electron chi connectivity index (χ0n) is 28.2. The van der Waals surface area contributed by atoms with Gasteiger partial charge in [-0.2, -0.15) is 0 Å². The van der Waals surface area contributed by atoms with E-state index in [4.69, 9.17) is 0 Å². The summed E-state index contributed by atoms with van der Waals surface area (Å²) in [5, 5.41) is 9.93. The van der Waals surface area contributed by atoms with Crippen molar-refractivity contribution in [1.82, 2.24) is 28.8 Å². The van der Waals surface area contributed by atoms with E-state index < -0.39 is 34.7 Å². The molecule has 10 nitrogen and oxygen atoms in total. The number of likely N-dealkylation sites (N-methyl/N-ethyl adjacent to an activating group) is 1. The van der Waals surface area contributed by atoms with Crippen LogP contribution in [0.4, 0.5) is 9.18 Å². The molecule has 0 atom stereocenters. The van der Waals surface area contributed by atoms with Gasteiger partial charge in [0.1, 0.15) is 5.82 Å². The maximum Gasteiger partial charge on any atom is 0.407 e. The molecule has 0 bridgehead atoms. The van der Waals surface area contributed by atoms with E-state index in [1.54, 1.807) is 6.07 Å². The van der Waals surface area contributed by atoms with Gasteiger partial charge in [-0.05, 0) is 108 Å². The molecule has 2 aromatic heterocycles. The molecule has 48 heavy (non-hydrogen) atoms. The Morgan fingerprint density at radius 2 is 1.69 bits per heavy atom. The monoisotopic (exact) mass is 656 g/mol. The highest BCUT2D eigenvalue weighted by molar-refractivity contribution is 5.76. The summed E-state index contributed by atoms with van der Waals surface area (Å²) in [6.45, 7) is 10.8. The number of amides is 1. The quantitative estimate of drug-likeness (QED) is 0.282. The molecule has 4 aromatic rings. The van der Waals surface area contributed by atoms with Crippen molar-refractivity contribution in [2.45, 2.75) is 77.0 Å². The number of hydrogen-bond acceptors (Lipinski definition) is 6. The topological polar surface area (TPSA) is 104 Å². The fourth-order valence-corrected chi connectivity index (χ4v) is 7.45. The van der Waals surface area contributed by atoms with E-state index in [-0.39, 0.29) is 17.1 Å². The largest absolute Gasteiger partial charge is 0.465 e. The van der Waals surface area contributed by atoms with Gasteiger partial charge in [0, 0.05) is 37.3 Å².